The third-order valence-corrected chi connectivity index (χ3v) is 3.02. The Morgan fingerprint density at radius 3 is 2.58 bits per heavy atom. The number of aromatic nitrogens is 2. The minimum Gasteiger partial charge on any atom is -0.477 e. The summed E-state index contributed by atoms with van der Waals surface area (Å²) in [7, 11) is 1.88. The molecule has 0 saturated heterocycles. The first-order valence-corrected chi connectivity index (χ1v) is 7.26. The Kier molecular flexibility index (Phi) is 6.60. The van der Waals surface area contributed by atoms with E-state index in [1.54, 1.807) is 0 Å². The van der Waals surface area contributed by atoms with E-state index in [4.69, 9.17) is 4.74 Å². The summed E-state index contributed by atoms with van der Waals surface area (Å²) in [4.78, 5) is 9.01. The van der Waals surface area contributed by atoms with Crippen LogP contribution in [-0.4, -0.2) is 23.6 Å². The summed E-state index contributed by atoms with van der Waals surface area (Å²) in [6.07, 6.45) is 4.18. The lowest BCUT2D eigenvalue weighted by Gasteiger charge is -2.13. The van der Waals surface area contributed by atoms with E-state index in [-0.39, 0.29) is 0 Å². The molecule has 108 valence electrons. The van der Waals surface area contributed by atoms with Crippen LogP contribution in [-0.2, 0) is 6.42 Å². The molecule has 1 aromatic rings. The van der Waals surface area contributed by atoms with Crippen molar-refractivity contribution in [3.8, 4) is 5.88 Å². The summed E-state index contributed by atoms with van der Waals surface area (Å²) in [5, 5.41) is 3.11. The maximum atomic E-state index is 5.83. The van der Waals surface area contributed by atoms with Crippen molar-refractivity contribution in [1.82, 2.24) is 9.97 Å². The minimum absolute atomic E-state index is 0.721. The van der Waals surface area contributed by atoms with Crippen molar-refractivity contribution in [2.24, 2.45) is 5.92 Å². The molecule has 19 heavy (non-hydrogen) atoms. The number of ether oxygens (including phenoxy) is 1. The summed E-state index contributed by atoms with van der Waals surface area (Å²) in [6.45, 7) is 9.32. The highest BCUT2D eigenvalue weighted by molar-refractivity contribution is 5.48. The van der Waals surface area contributed by atoms with E-state index in [1.807, 2.05) is 14.0 Å². The maximum Gasteiger partial charge on any atom is 0.221 e. The fourth-order valence-electron chi connectivity index (χ4n) is 1.92. The van der Waals surface area contributed by atoms with Crippen LogP contribution < -0.4 is 10.1 Å². The van der Waals surface area contributed by atoms with Crippen molar-refractivity contribution >= 4 is 5.82 Å². The van der Waals surface area contributed by atoms with Gasteiger partial charge >= 0.3 is 0 Å². The highest BCUT2D eigenvalue weighted by Crippen LogP contribution is 2.22. The van der Waals surface area contributed by atoms with Gasteiger partial charge in [0, 0.05) is 13.5 Å². The van der Waals surface area contributed by atoms with E-state index in [1.165, 1.54) is 6.42 Å². The molecule has 0 bridgehead atoms. The van der Waals surface area contributed by atoms with Crippen LogP contribution in [0, 0.1) is 12.8 Å². The Balaban J connectivity index is 2.71. The number of aryl methyl sites for hydroxylation is 1. The quantitative estimate of drug-likeness (QED) is 0.730. The summed E-state index contributed by atoms with van der Waals surface area (Å²) in [5.74, 6) is 3.18. The number of anilines is 1. The van der Waals surface area contributed by atoms with E-state index >= 15 is 0 Å². The molecule has 0 fully saturated rings. The maximum absolute atomic E-state index is 5.83. The van der Waals surface area contributed by atoms with E-state index in [0.29, 0.717) is 0 Å². The van der Waals surface area contributed by atoms with E-state index in [2.05, 4.69) is 36.1 Å². The van der Waals surface area contributed by atoms with Crippen LogP contribution in [0.25, 0.3) is 0 Å². The van der Waals surface area contributed by atoms with Gasteiger partial charge in [0.15, 0.2) is 0 Å². The van der Waals surface area contributed by atoms with Gasteiger partial charge in [0.05, 0.1) is 12.2 Å². The molecule has 1 aromatic heterocycles. The predicted molar refractivity (Wildman–Crippen MR) is 79.9 cm³/mol. The Morgan fingerprint density at radius 1 is 1.26 bits per heavy atom. The average Bonchev–Trinajstić information content (AvgIpc) is 2.37. The molecular formula is C15H27N3O. The first kappa shape index (κ1) is 15.7. The Labute approximate surface area is 117 Å². The van der Waals surface area contributed by atoms with Crippen LogP contribution in [0.15, 0.2) is 0 Å². The molecule has 0 unspecified atom stereocenters. The monoisotopic (exact) mass is 265 g/mol. The second kappa shape index (κ2) is 7.97. The van der Waals surface area contributed by atoms with Gasteiger partial charge in [-0.3, -0.25) is 0 Å². The van der Waals surface area contributed by atoms with Crippen molar-refractivity contribution in [3.63, 3.8) is 0 Å². The molecule has 0 saturated carbocycles. The van der Waals surface area contributed by atoms with Crippen molar-refractivity contribution in [2.45, 2.75) is 53.4 Å². The van der Waals surface area contributed by atoms with Gasteiger partial charge in [-0.05, 0) is 32.1 Å². The van der Waals surface area contributed by atoms with Gasteiger partial charge in [-0.15, -0.1) is 0 Å². The smallest absolute Gasteiger partial charge is 0.221 e. The lowest BCUT2D eigenvalue weighted by Crippen LogP contribution is -2.08. The van der Waals surface area contributed by atoms with E-state index in [0.717, 1.165) is 54.9 Å². The molecule has 0 amide bonds. The number of rotatable bonds is 8. The Bertz CT molecular complexity index is 391. The van der Waals surface area contributed by atoms with Crippen LogP contribution in [0.4, 0.5) is 5.82 Å². The molecule has 0 aliphatic heterocycles. The molecule has 0 atom stereocenters. The molecule has 1 heterocycles. The molecule has 0 aliphatic rings. The van der Waals surface area contributed by atoms with E-state index < -0.39 is 0 Å². The average molecular weight is 265 g/mol. The molecule has 0 radical (unpaired) electrons. The van der Waals surface area contributed by atoms with Gasteiger partial charge in [0.1, 0.15) is 11.6 Å². The molecular weight excluding hydrogens is 238 g/mol. The van der Waals surface area contributed by atoms with Crippen LogP contribution in [0.2, 0.25) is 0 Å². The van der Waals surface area contributed by atoms with Crippen LogP contribution in [0.3, 0.4) is 0 Å². The van der Waals surface area contributed by atoms with Gasteiger partial charge in [-0.2, -0.15) is 4.98 Å². The number of hydrogen-bond acceptors (Lipinski definition) is 4. The summed E-state index contributed by atoms with van der Waals surface area (Å²) in [6, 6.07) is 0. The number of hydrogen-bond donors (Lipinski definition) is 1. The predicted octanol–water partition coefficient (Wildman–Crippen LogP) is 3.59. The highest BCUT2D eigenvalue weighted by atomic mass is 16.5. The fraction of sp³-hybridized carbons (Fsp3) is 0.733. The molecule has 0 aliphatic carbocycles. The van der Waals surface area contributed by atoms with Gasteiger partial charge in [0.25, 0.3) is 0 Å². The molecule has 1 N–H and O–H groups in total. The van der Waals surface area contributed by atoms with Crippen molar-refractivity contribution in [2.75, 3.05) is 19.0 Å². The van der Waals surface area contributed by atoms with Crippen LogP contribution in [0.5, 0.6) is 5.88 Å². The third-order valence-electron chi connectivity index (χ3n) is 3.02. The largest absolute Gasteiger partial charge is 0.477 e. The fourth-order valence-corrected chi connectivity index (χ4v) is 1.92. The normalized spacial score (nSPS) is 10.8. The Hall–Kier alpha value is -1.32. The summed E-state index contributed by atoms with van der Waals surface area (Å²) >= 11 is 0. The van der Waals surface area contributed by atoms with Gasteiger partial charge < -0.3 is 10.1 Å². The molecule has 1 rings (SSSR count). The topological polar surface area (TPSA) is 47.0 Å². The molecule has 0 spiro atoms. The number of nitrogens with one attached hydrogen (secondary N) is 1. The van der Waals surface area contributed by atoms with Crippen molar-refractivity contribution in [1.29, 1.82) is 0 Å². The lowest BCUT2D eigenvalue weighted by atomic mass is 10.1. The summed E-state index contributed by atoms with van der Waals surface area (Å²) in [5.41, 5.74) is 0.992. The lowest BCUT2D eigenvalue weighted by molar-refractivity contribution is 0.284. The second-order valence-corrected chi connectivity index (χ2v) is 5.30. The first-order valence-electron chi connectivity index (χ1n) is 7.26. The second-order valence-electron chi connectivity index (χ2n) is 5.30. The van der Waals surface area contributed by atoms with Crippen molar-refractivity contribution in [3.05, 3.63) is 11.4 Å². The zero-order valence-corrected chi connectivity index (χ0v) is 12.9. The van der Waals surface area contributed by atoms with E-state index in [9.17, 15) is 0 Å². The van der Waals surface area contributed by atoms with Gasteiger partial charge in [-0.1, -0.05) is 20.8 Å². The first-order chi connectivity index (χ1) is 9.08. The highest BCUT2D eigenvalue weighted by Gasteiger charge is 2.10. The Morgan fingerprint density at radius 2 is 2.00 bits per heavy atom. The van der Waals surface area contributed by atoms with Crippen LogP contribution >= 0.6 is 0 Å². The zero-order chi connectivity index (χ0) is 14.3. The standard InChI is InChI=1S/C15H27N3O/c1-6-8-13-17-14(16-5)12(4)15(18-13)19-10-7-9-11(2)3/h11H,6-10H2,1-5H3,(H,16,17,18). The molecule has 4 nitrogen and oxygen atoms in total. The SMILES string of the molecule is CCCc1nc(NC)c(C)c(OCCCC(C)C)n1. The molecule has 0 aromatic carbocycles. The minimum atomic E-state index is 0.721. The third kappa shape index (κ3) is 5.05. The zero-order valence-electron chi connectivity index (χ0n) is 12.9. The van der Waals surface area contributed by atoms with Gasteiger partial charge in [0.2, 0.25) is 5.88 Å². The number of nitrogens with zero attached hydrogens (tertiary/aromatic N) is 2. The van der Waals surface area contributed by atoms with Gasteiger partial charge in [-0.25, -0.2) is 4.98 Å². The summed E-state index contributed by atoms with van der Waals surface area (Å²) < 4.78 is 5.83. The molecule has 4 heteroatoms. The van der Waals surface area contributed by atoms with Crippen molar-refractivity contribution < 1.29 is 4.74 Å². The van der Waals surface area contributed by atoms with Crippen LogP contribution in [0.1, 0.15) is 51.4 Å².